The number of carbonyl (C=O) groups is 3. The Balaban J connectivity index is 1.55. The molecule has 0 spiro atoms. The van der Waals surface area contributed by atoms with E-state index < -0.39 is 35.8 Å². The number of nitrogens with zero attached hydrogens (tertiary/aromatic N) is 2. The maximum Gasteiger partial charge on any atom is 0.323 e. The maximum atomic E-state index is 13.4. The molecule has 4 N–H and O–H groups in total. The number of nitrogens with one attached hydrogen (secondary N) is 3. The van der Waals surface area contributed by atoms with Crippen molar-refractivity contribution in [2.24, 2.45) is 5.92 Å². The van der Waals surface area contributed by atoms with E-state index >= 15 is 0 Å². The number of benzene rings is 3. The Morgan fingerprint density at radius 2 is 1.53 bits per heavy atom. The molecule has 0 bridgehead atoms. The summed E-state index contributed by atoms with van der Waals surface area (Å²) in [6.07, 6.45) is -0.600. The second-order valence-corrected chi connectivity index (χ2v) is 10.6. The van der Waals surface area contributed by atoms with Crippen LogP contribution in [0.2, 0.25) is 0 Å². The molecule has 0 saturated heterocycles. The van der Waals surface area contributed by atoms with Crippen LogP contribution in [0, 0.1) is 17.6 Å². The van der Waals surface area contributed by atoms with Crippen molar-refractivity contribution in [2.75, 3.05) is 42.7 Å². The highest BCUT2D eigenvalue weighted by atomic mass is 19.1. The van der Waals surface area contributed by atoms with E-state index in [1.54, 1.807) is 37.1 Å². The highest BCUT2D eigenvalue weighted by Crippen LogP contribution is 2.29. The highest BCUT2D eigenvalue weighted by molar-refractivity contribution is 6.00. The van der Waals surface area contributed by atoms with Gasteiger partial charge in [-0.15, -0.1) is 0 Å². The average molecular weight is 596 g/mol. The Hall–Kier alpha value is -4.71. The monoisotopic (exact) mass is 595 g/mol. The molecule has 5 amide bonds. The Labute approximate surface area is 248 Å². The van der Waals surface area contributed by atoms with Crippen LogP contribution in [0.4, 0.5) is 35.4 Å². The van der Waals surface area contributed by atoms with Crippen molar-refractivity contribution in [3.05, 3.63) is 83.9 Å². The van der Waals surface area contributed by atoms with E-state index in [1.807, 2.05) is 6.92 Å². The quantitative estimate of drug-likeness (QED) is 0.309. The highest BCUT2D eigenvalue weighted by Gasteiger charge is 2.32. The lowest BCUT2D eigenvalue weighted by atomic mass is 10.0. The first-order valence-corrected chi connectivity index (χ1v) is 13.8. The second-order valence-electron chi connectivity index (χ2n) is 10.6. The smallest absolute Gasteiger partial charge is 0.323 e. The number of hydrogen-bond acceptors (Lipinski definition) is 5. The minimum atomic E-state index is -0.558. The molecule has 0 unspecified atom stereocenters. The van der Waals surface area contributed by atoms with Gasteiger partial charge >= 0.3 is 12.1 Å². The normalized spacial score (nSPS) is 17.3. The number of ether oxygens (including phenoxy) is 1. The molecule has 1 heterocycles. The fourth-order valence-corrected chi connectivity index (χ4v) is 4.66. The van der Waals surface area contributed by atoms with Gasteiger partial charge in [-0.05, 0) is 73.7 Å². The van der Waals surface area contributed by atoms with E-state index in [2.05, 4.69) is 16.0 Å². The van der Waals surface area contributed by atoms with E-state index in [0.717, 1.165) is 0 Å². The number of urea groups is 2. The lowest BCUT2D eigenvalue weighted by Gasteiger charge is -2.34. The lowest BCUT2D eigenvalue weighted by molar-refractivity contribution is -0.134. The maximum absolute atomic E-state index is 13.4. The molecule has 12 heteroatoms. The number of amides is 5. The van der Waals surface area contributed by atoms with Gasteiger partial charge in [0.25, 0.3) is 0 Å². The minimum Gasteiger partial charge on any atom is -0.488 e. The van der Waals surface area contributed by atoms with Gasteiger partial charge in [0.05, 0.1) is 25.6 Å². The Morgan fingerprint density at radius 1 is 0.977 bits per heavy atom. The third-order valence-electron chi connectivity index (χ3n) is 7.17. The minimum absolute atomic E-state index is 0.0465. The van der Waals surface area contributed by atoms with E-state index in [9.17, 15) is 28.3 Å². The van der Waals surface area contributed by atoms with Gasteiger partial charge in [-0.2, -0.15) is 0 Å². The third kappa shape index (κ3) is 8.41. The number of rotatable bonds is 7. The van der Waals surface area contributed by atoms with Crippen LogP contribution in [0.3, 0.4) is 0 Å². The Bertz CT molecular complexity index is 1440. The zero-order valence-electron chi connectivity index (χ0n) is 24.1. The Morgan fingerprint density at radius 3 is 2.14 bits per heavy atom. The molecular formula is C31H35F2N5O5. The summed E-state index contributed by atoms with van der Waals surface area (Å²) in [7, 11) is 1.61. The van der Waals surface area contributed by atoms with Crippen LogP contribution in [0.25, 0.3) is 0 Å². The van der Waals surface area contributed by atoms with Crippen LogP contribution in [0.5, 0.6) is 5.75 Å². The van der Waals surface area contributed by atoms with Crippen LogP contribution in [0.1, 0.15) is 19.4 Å². The van der Waals surface area contributed by atoms with Crippen LogP contribution in [0.15, 0.2) is 66.7 Å². The summed E-state index contributed by atoms with van der Waals surface area (Å²) < 4.78 is 32.9. The molecule has 0 radical (unpaired) electrons. The zero-order valence-corrected chi connectivity index (χ0v) is 24.1. The van der Waals surface area contributed by atoms with Crippen molar-refractivity contribution in [3.8, 4) is 5.75 Å². The number of anilines is 3. The van der Waals surface area contributed by atoms with Crippen LogP contribution in [-0.4, -0.2) is 71.8 Å². The average Bonchev–Trinajstić information content (AvgIpc) is 3.02. The van der Waals surface area contributed by atoms with Gasteiger partial charge in [0.2, 0.25) is 5.91 Å². The first-order valence-electron chi connectivity index (χ1n) is 13.8. The predicted molar refractivity (Wildman–Crippen MR) is 159 cm³/mol. The van der Waals surface area contributed by atoms with Gasteiger partial charge in [-0.1, -0.05) is 6.92 Å². The molecule has 0 saturated carbocycles. The summed E-state index contributed by atoms with van der Waals surface area (Å²) in [6, 6.07) is 14.2. The first-order chi connectivity index (χ1) is 20.5. The molecule has 1 aliphatic rings. The molecular weight excluding hydrogens is 560 g/mol. The van der Waals surface area contributed by atoms with Crippen LogP contribution >= 0.6 is 0 Å². The molecule has 3 aromatic carbocycles. The van der Waals surface area contributed by atoms with Crippen molar-refractivity contribution in [3.63, 3.8) is 0 Å². The largest absolute Gasteiger partial charge is 0.488 e. The number of likely N-dealkylation sites (N-methyl/N-ethyl adjacent to an activating group) is 1. The van der Waals surface area contributed by atoms with Crippen molar-refractivity contribution in [1.82, 2.24) is 9.80 Å². The summed E-state index contributed by atoms with van der Waals surface area (Å²) in [5, 5.41) is 17.9. The standard InChI is InChI=1S/C31H35F2N5O5/c1-19-16-38(20(2)18-39)29(40)15-21-14-26(35-30(41)34-24-8-4-22(32)5-9-24)12-13-27(21)43-28(19)17-37(3)31(42)36-25-10-6-23(33)7-11-25/h4-14,19-20,28,39H,15-18H2,1-3H3,(H,36,42)(H2,34,35,41)/t19-,20-,28+/m0/s1. The number of carbonyl (C=O) groups excluding carboxylic acids is 3. The molecule has 43 heavy (non-hydrogen) atoms. The molecule has 10 nitrogen and oxygen atoms in total. The molecule has 3 aromatic rings. The molecule has 0 aromatic heterocycles. The molecule has 0 fully saturated rings. The van der Waals surface area contributed by atoms with Crippen LogP contribution in [-0.2, 0) is 11.2 Å². The number of hydrogen-bond donors (Lipinski definition) is 4. The first kappa shape index (κ1) is 31.2. The molecule has 0 aliphatic carbocycles. The topological polar surface area (TPSA) is 123 Å². The second kappa shape index (κ2) is 14.0. The third-order valence-corrected chi connectivity index (χ3v) is 7.17. The molecule has 3 atom stereocenters. The molecule has 228 valence electrons. The van der Waals surface area contributed by atoms with Crippen molar-refractivity contribution in [2.45, 2.75) is 32.4 Å². The Kier molecular flexibility index (Phi) is 10.1. The van der Waals surface area contributed by atoms with E-state index in [1.165, 1.54) is 53.4 Å². The van der Waals surface area contributed by atoms with E-state index in [0.29, 0.717) is 28.4 Å². The van der Waals surface area contributed by atoms with Gasteiger partial charge in [-0.3, -0.25) is 4.79 Å². The fourth-order valence-electron chi connectivity index (χ4n) is 4.66. The zero-order chi connectivity index (χ0) is 31.1. The van der Waals surface area contributed by atoms with Gasteiger partial charge in [0.15, 0.2) is 0 Å². The summed E-state index contributed by atoms with van der Waals surface area (Å²) in [5.41, 5.74) is 1.75. The van der Waals surface area contributed by atoms with Crippen molar-refractivity contribution >= 4 is 35.0 Å². The van der Waals surface area contributed by atoms with E-state index in [-0.39, 0.29) is 37.9 Å². The summed E-state index contributed by atoms with van der Waals surface area (Å²) in [5.74, 6) is -0.898. The summed E-state index contributed by atoms with van der Waals surface area (Å²) in [4.78, 5) is 41.9. The van der Waals surface area contributed by atoms with Gasteiger partial charge < -0.3 is 35.6 Å². The van der Waals surface area contributed by atoms with Crippen molar-refractivity contribution in [1.29, 1.82) is 0 Å². The van der Waals surface area contributed by atoms with E-state index in [4.69, 9.17) is 4.74 Å². The summed E-state index contributed by atoms with van der Waals surface area (Å²) >= 11 is 0. The number of aliphatic hydroxyl groups excluding tert-OH is 1. The molecule has 4 rings (SSSR count). The SMILES string of the molecule is C[C@H]1CN([C@@H](C)CO)C(=O)Cc2cc(NC(=O)Nc3ccc(F)cc3)ccc2O[C@@H]1CN(C)C(=O)Nc1ccc(F)cc1. The predicted octanol–water partition coefficient (Wildman–Crippen LogP) is 4.92. The van der Waals surface area contributed by atoms with Gasteiger partial charge in [-0.25, -0.2) is 18.4 Å². The lowest BCUT2D eigenvalue weighted by Crippen LogP contribution is -2.48. The number of halogens is 2. The number of aliphatic hydroxyl groups is 1. The fraction of sp³-hybridized carbons (Fsp3) is 0.323. The van der Waals surface area contributed by atoms with Gasteiger partial charge in [0, 0.05) is 42.1 Å². The summed E-state index contributed by atoms with van der Waals surface area (Å²) in [6.45, 7) is 3.85. The molecule has 1 aliphatic heterocycles. The number of fused-ring (bicyclic) bond motifs is 1. The van der Waals surface area contributed by atoms with Crippen molar-refractivity contribution < 1.29 is 33.0 Å². The van der Waals surface area contributed by atoms with Gasteiger partial charge in [0.1, 0.15) is 23.5 Å². The van der Waals surface area contributed by atoms with Crippen LogP contribution < -0.4 is 20.7 Å².